The molecule has 0 aromatic carbocycles. The summed E-state index contributed by atoms with van der Waals surface area (Å²) in [5.41, 5.74) is 8.09. The van der Waals surface area contributed by atoms with Gasteiger partial charge in [-0.1, -0.05) is 20.8 Å². The Morgan fingerprint density at radius 1 is 1.43 bits per heavy atom. The first-order valence-corrected chi connectivity index (χ1v) is 5.26. The quantitative estimate of drug-likeness (QED) is 0.797. The average molecular weight is 195 g/mol. The molecule has 2 N–H and O–H groups in total. The molecule has 0 aliphatic carbocycles. The Hall–Kier alpha value is -0.830. The largest absolute Gasteiger partial charge is 0.330 e. The molecule has 0 atom stereocenters. The van der Waals surface area contributed by atoms with Gasteiger partial charge in [0.2, 0.25) is 0 Å². The van der Waals surface area contributed by atoms with E-state index in [1.54, 1.807) is 0 Å². The van der Waals surface area contributed by atoms with Gasteiger partial charge in [-0.25, -0.2) is 0 Å². The number of nitrogens with two attached hydrogens (primary N) is 1. The lowest BCUT2D eigenvalue weighted by Gasteiger charge is -2.19. The molecule has 0 spiro atoms. The summed E-state index contributed by atoms with van der Waals surface area (Å²) in [4.78, 5) is 0. The maximum absolute atomic E-state index is 5.52. The van der Waals surface area contributed by atoms with Crippen LogP contribution in [0.3, 0.4) is 0 Å². The zero-order valence-electron chi connectivity index (χ0n) is 9.67. The second kappa shape index (κ2) is 4.13. The molecule has 0 aliphatic rings. The summed E-state index contributed by atoms with van der Waals surface area (Å²) in [6.45, 7) is 10.4. The van der Waals surface area contributed by atoms with E-state index in [-0.39, 0.29) is 5.41 Å². The molecule has 0 radical (unpaired) electrons. The maximum atomic E-state index is 5.52. The van der Waals surface area contributed by atoms with E-state index < -0.39 is 0 Å². The second-order valence-corrected chi connectivity index (χ2v) is 4.63. The Balaban J connectivity index is 3.02. The van der Waals surface area contributed by atoms with Crippen molar-refractivity contribution >= 4 is 0 Å². The monoisotopic (exact) mass is 195 g/mol. The average Bonchev–Trinajstić information content (AvgIpc) is 2.47. The van der Waals surface area contributed by atoms with Crippen LogP contribution in [0.2, 0.25) is 0 Å². The van der Waals surface area contributed by atoms with E-state index in [0.29, 0.717) is 6.54 Å². The lowest BCUT2D eigenvalue weighted by atomic mass is 9.91. The molecular formula is C11H21N3. The smallest absolute Gasteiger partial charge is 0.0640 e. The number of hydrogen-bond acceptors (Lipinski definition) is 2. The Bertz CT molecular complexity index is 294. The van der Waals surface area contributed by atoms with E-state index in [1.165, 1.54) is 5.69 Å². The molecule has 0 unspecified atom stereocenters. The predicted octanol–water partition coefficient (Wildman–Crippen LogP) is 1.70. The van der Waals surface area contributed by atoms with E-state index in [0.717, 1.165) is 18.7 Å². The molecule has 14 heavy (non-hydrogen) atoms. The molecule has 3 heteroatoms. The van der Waals surface area contributed by atoms with Gasteiger partial charge in [0.1, 0.15) is 0 Å². The van der Waals surface area contributed by atoms with E-state index in [2.05, 4.69) is 43.5 Å². The topological polar surface area (TPSA) is 43.8 Å². The van der Waals surface area contributed by atoms with Crippen molar-refractivity contribution in [2.75, 3.05) is 6.54 Å². The summed E-state index contributed by atoms with van der Waals surface area (Å²) in [5, 5.41) is 4.52. The number of hydrogen-bond donors (Lipinski definition) is 1. The Morgan fingerprint density at radius 3 is 2.43 bits per heavy atom. The van der Waals surface area contributed by atoms with Crippen molar-refractivity contribution < 1.29 is 0 Å². The molecule has 0 saturated carbocycles. The highest BCUT2D eigenvalue weighted by atomic mass is 15.3. The lowest BCUT2D eigenvalue weighted by Crippen LogP contribution is -2.17. The standard InChI is InChI=1S/C11H21N3/c1-5-14-10(11(2,3)4)8-9(13-14)6-7-12/h8H,5-7,12H2,1-4H3. The molecule has 1 heterocycles. The van der Waals surface area contributed by atoms with Crippen LogP contribution in [0.15, 0.2) is 6.07 Å². The summed E-state index contributed by atoms with van der Waals surface area (Å²) < 4.78 is 2.07. The fourth-order valence-electron chi connectivity index (χ4n) is 1.58. The normalized spacial score (nSPS) is 12.1. The number of nitrogens with zero attached hydrogens (tertiary/aromatic N) is 2. The number of rotatable bonds is 3. The van der Waals surface area contributed by atoms with Crippen LogP contribution in [0.1, 0.15) is 39.1 Å². The van der Waals surface area contributed by atoms with E-state index in [4.69, 9.17) is 5.73 Å². The van der Waals surface area contributed by atoms with Gasteiger partial charge < -0.3 is 5.73 Å². The Kier molecular flexibility index (Phi) is 3.32. The summed E-state index contributed by atoms with van der Waals surface area (Å²) in [5.74, 6) is 0. The fraction of sp³-hybridized carbons (Fsp3) is 0.727. The summed E-state index contributed by atoms with van der Waals surface area (Å²) in [6, 6.07) is 2.18. The van der Waals surface area contributed by atoms with Gasteiger partial charge in [-0.15, -0.1) is 0 Å². The van der Waals surface area contributed by atoms with Gasteiger partial charge in [0.25, 0.3) is 0 Å². The Morgan fingerprint density at radius 2 is 2.07 bits per heavy atom. The van der Waals surface area contributed by atoms with E-state index in [1.807, 2.05) is 0 Å². The SMILES string of the molecule is CCn1nc(CCN)cc1C(C)(C)C. The highest BCUT2D eigenvalue weighted by Gasteiger charge is 2.19. The minimum Gasteiger partial charge on any atom is -0.330 e. The van der Waals surface area contributed by atoms with Crippen molar-refractivity contribution in [1.29, 1.82) is 0 Å². The molecule has 0 fully saturated rings. The zero-order chi connectivity index (χ0) is 10.8. The Labute approximate surface area is 86.3 Å². The third-order valence-corrected chi connectivity index (χ3v) is 2.30. The van der Waals surface area contributed by atoms with Crippen molar-refractivity contribution in [2.24, 2.45) is 5.73 Å². The molecule has 80 valence electrons. The van der Waals surface area contributed by atoms with Crippen LogP contribution >= 0.6 is 0 Å². The molecule has 0 saturated heterocycles. The first-order valence-electron chi connectivity index (χ1n) is 5.26. The molecule has 0 amide bonds. The minimum atomic E-state index is 0.163. The van der Waals surface area contributed by atoms with Gasteiger partial charge in [-0.3, -0.25) is 4.68 Å². The van der Waals surface area contributed by atoms with Gasteiger partial charge in [-0.2, -0.15) is 5.10 Å². The summed E-state index contributed by atoms with van der Waals surface area (Å²) >= 11 is 0. The number of aromatic nitrogens is 2. The van der Waals surface area contributed by atoms with Crippen molar-refractivity contribution in [3.05, 3.63) is 17.5 Å². The van der Waals surface area contributed by atoms with Crippen molar-refractivity contribution in [3.8, 4) is 0 Å². The molecule has 0 bridgehead atoms. The predicted molar refractivity (Wildman–Crippen MR) is 59.4 cm³/mol. The van der Waals surface area contributed by atoms with Crippen molar-refractivity contribution in [3.63, 3.8) is 0 Å². The van der Waals surface area contributed by atoms with Gasteiger partial charge in [0.05, 0.1) is 5.69 Å². The van der Waals surface area contributed by atoms with Crippen molar-refractivity contribution in [2.45, 2.75) is 46.1 Å². The van der Waals surface area contributed by atoms with E-state index in [9.17, 15) is 0 Å². The second-order valence-electron chi connectivity index (χ2n) is 4.63. The summed E-state index contributed by atoms with van der Waals surface area (Å²) in [6.07, 6.45) is 0.871. The highest BCUT2D eigenvalue weighted by molar-refractivity contribution is 5.18. The molecular weight excluding hydrogens is 174 g/mol. The number of aryl methyl sites for hydroxylation is 1. The fourth-order valence-corrected chi connectivity index (χ4v) is 1.58. The van der Waals surface area contributed by atoms with Crippen LogP contribution in [0.4, 0.5) is 0 Å². The van der Waals surface area contributed by atoms with Crippen molar-refractivity contribution in [1.82, 2.24) is 9.78 Å². The first kappa shape index (κ1) is 11.2. The zero-order valence-corrected chi connectivity index (χ0v) is 9.67. The van der Waals surface area contributed by atoms with Gasteiger partial charge in [0, 0.05) is 24.1 Å². The van der Waals surface area contributed by atoms with E-state index >= 15 is 0 Å². The molecule has 1 aromatic heterocycles. The van der Waals surface area contributed by atoms with Crippen LogP contribution in [-0.4, -0.2) is 16.3 Å². The third kappa shape index (κ3) is 2.35. The van der Waals surface area contributed by atoms with Crippen LogP contribution in [0, 0.1) is 0 Å². The van der Waals surface area contributed by atoms with Gasteiger partial charge in [-0.05, 0) is 19.5 Å². The van der Waals surface area contributed by atoms with Gasteiger partial charge >= 0.3 is 0 Å². The minimum absolute atomic E-state index is 0.163. The molecule has 1 rings (SSSR count). The maximum Gasteiger partial charge on any atom is 0.0640 e. The summed E-state index contributed by atoms with van der Waals surface area (Å²) in [7, 11) is 0. The molecule has 3 nitrogen and oxygen atoms in total. The molecule has 0 aliphatic heterocycles. The third-order valence-electron chi connectivity index (χ3n) is 2.30. The first-order chi connectivity index (χ1) is 6.49. The van der Waals surface area contributed by atoms with Gasteiger partial charge in [0.15, 0.2) is 0 Å². The van der Waals surface area contributed by atoms with Crippen LogP contribution in [0.5, 0.6) is 0 Å². The van der Waals surface area contributed by atoms with Crippen LogP contribution in [-0.2, 0) is 18.4 Å². The molecule has 1 aromatic rings. The lowest BCUT2D eigenvalue weighted by molar-refractivity contribution is 0.496. The van der Waals surface area contributed by atoms with Crippen LogP contribution < -0.4 is 5.73 Å². The van der Waals surface area contributed by atoms with Crippen LogP contribution in [0.25, 0.3) is 0 Å². The highest BCUT2D eigenvalue weighted by Crippen LogP contribution is 2.23.